The third-order valence-electron chi connectivity index (χ3n) is 5.72. The van der Waals surface area contributed by atoms with Crippen molar-refractivity contribution in [1.82, 2.24) is 0 Å². The number of nitrogens with zero attached hydrogens (tertiary/aromatic N) is 1. The first-order valence-electron chi connectivity index (χ1n) is 9.25. The Hall–Kier alpha value is -1.41. The number of fused-ring (bicyclic) bond motifs is 1. The average Bonchev–Trinajstić information content (AvgIpc) is 2.57. The van der Waals surface area contributed by atoms with Gasteiger partial charge in [-0.15, -0.1) is 0 Å². The van der Waals surface area contributed by atoms with Crippen LogP contribution in [0.5, 0.6) is 5.75 Å². The molecule has 1 unspecified atom stereocenters. The number of hydrogen-bond donors (Lipinski definition) is 2. The quantitative estimate of drug-likeness (QED) is 0.586. The molecule has 1 saturated heterocycles. The monoisotopic (exact) mass is 379 g/mol. The van der Waals surface area contributed by atoms with Crippen LogP contribution < -0.4 is 9.64 Å². The molecular formula is C19H29NO5Si. The minimum atomic E-state index is -2.53. The Balaban J connectivity index is 1.95. The Labute approximate surface area is 155 Å². The molecule has 3 rings (SSSR count). The molecule has 0 aromatic heterocycles. The van der Waals surface area contributed by atoms with Crippen molar-refractivity contribution < 1.29 is 24.2 Å². The van der Waals surface area contributed by atoms with E-state index in [-0.39, 0.29) is 36.2 Å². The standard InChI is InChI=1S/C19H29NO5Si/c1-12-18(24-2)14-11-13(20-9-7-17(20)22)5-6-15(14)25-19(12)16(8-10-21)26(3,4)23/h5-6,11-12,16,18-19,21,23H,7-10H2,1-4H3/t12-,16?,18-,19-/m1/s1. The van der Waals surface area contributed by atoms with Gasteiger partial charge in [0.05, 0.1) is 6.10 Å². The van der Waals surface area contributed by atoms with Gasteiger partial charge >= 0.3 is 0 Å². The SMILES string of the molecule is CO[C@H]1c2cc(N3CCC3=O)ccc2O[C@@H](C(CCO)[Si](C)(C)O)[C@@H]1C. The molecular weight excluding hydrogens is 350 g/mol. The van der Waals surface area contributed by atoms with Crippen LogP contribution in [0, 0.1) is 5.92 Å². The van der Waals surface area contributed by atoms with Crippen molar-refractivity contribution >= 4 is 19.9 Å². The lowest BCUT2D eigenvalue weighted by atomic mass is 9.86. The lowest BCUT2D eigenvalue weighted by Crippen LogP contribution is -2.48. The number of aliphatic hydroxyl groups excluding tert-OH is 1. The summed E-state index contributed by atoms with van der Waals surface area (Å²) in [6.07, 6.45) is 0.704. The fourth-order valence-corrected chi connectivity index (χ4v) is 6.19. The van der Waals surface area contributed by atoms with Gasteiger partial charge < -0.3 is 24.3 Å². The van der Waals surface area contributed by atoms with Gasteiger partial charge in [0.25, 0.3) is 0 Å². The van der Waals surface area contributed by atoms with E-state index in [1.54, 1.807) is 12.0 Å². The summed E-state index contributed by atoms with van der Waals surface area (Å²) in [4.78, 5) is 24.3. The van der Waals surface area contributed by atoms with Crippen LogP contribution >= 0.6 is 0 Å². The van der Waals surface area contributed by atoms with Crippen LogP contribution in [0.15, 0.2) is 18.2 Å². The number of carbonyl (C=O) groups is 1. The summed E-state index contributed by atoms with van der Waals surface area (Å²) in [7, 11) is -0.851. The molecule has 0 spiro atoms. The minimum absolute atomic E-state index is 0.0188. The van der Waals surface area contributed by atoms with Crippen molar-refractivity contribution in [2.75, 3.05) is 25.2 Å². The highest BCUT2D eigenvalue weighted by Crippen LogP contribution is 2.47. The largest absolute Gasteiger partial charge is 0.490 e. The molecule has 1 amide bonds. The topological polar surface area (TPSA) is 79.2 Å². The number of rotatable bonds is 6. The number of aliphatic hydroxyl groups is 1. The van der Waals surface area contributed by atoms with E-state index >= 15 is 0 Å². The Morgan fingerprint density at radius 1 is 1.42 bits per heavy atom. The average molecular weight is 380 g/mol. The molecule has 1 aromatic rings. The van der Waals surface area contributed by atoms with E-state index in [9.17, 15) is 14.7 Å². The zero-order chi connectivity index (χ0) is 19.1. The van der Waals surface area contributed by atoms with Crippen LogP contribution in [0.2, 0.25) is 18.6 Å². The molecule has 7 heteroatoms. The summed E-state index contributed by atoms with van der Waals surface area (Å²) < 4.78 is 12.1. The van der Waals surface area contributed by atoms with E-state index < -0.39 is 8.32 Å². The van der Waals surface area contributed by atoms with Crippen molar-refractivity contribution in [2.45, 2.75) is 50.6 Å². The van der Waals surface area contributed by atoms with E-state index in [0.29, 0.717) is 12.8 Å². The highest BCUT2D eigenvalue weighted by atomic mass is 28.4. The van der Waals surface area contributed by atoms with Gasteiger partial charge in [-0.3, -0.25) is 4.79 Å². The molecule has 1 fully saturated rings. The molecule has 1 aromatic carbocycles. The lowest BCUT2D eigenvalue weighted by molar-refractivity contribution is -0.122. The fourth-order valence-electron chi connectivity index (χ4n) is 4.18. The predicted octanol–water partition coefficient (Wildman–Crippen LogP) is 2.46. The Bertz CT molecular complexity index is 674. The summed E-state index contributed by atoms with van der Waals surface area (Å²) >= 11 is 0. The maximum Gasteiger partial charge on any atom is 0.228 e. The normalized spacial score (nSPS) is 26.8. The van der Waals surface area contributed by atoms with Crippen LogP contribution in [-0.2, 0) is 9.53 Å². The summed E-state index contributed by atoms with van der Waals surface area (Å²) in [5.41, 5.74) is 1.72. The van der Waals surface area contributed by atoms with Gasteiger partial charge in [-0.25, -0.2) is 0 Å². The molecule has 0 aliphatic carbocycles. The van der Waals surface area contributed by atoms with E-state index in [4.69, 9.17) is 9.47 Å². The van der Waals surface area contributed by atoms with Crippen molar-refractivity contribution in [1.29, 1.82) is 0 Å². The van der Waals surface area contributed by atoms with Crippen LogP contribution in [0.1, 0.15) is 31.4 Å². The first-order chi connectivity index (χ1) is 12.3. The second-order valence-electron chi connectivity index (χ2n) is 7.89. The Morgan fingerprint density at radius 3 is 2.65 bits per heavy atom. The first kappa shape index (κ1) is 19.4. The zero-order valence-electron chi connectivity index (χ0n) is 15.9. The van der Waals surface area contributed by atoms with Crippen molar-refractivity contribution in [3.63, 3.8) is 0 Å². The molecule has 0 bridgehead atoms. The summed E-state index contributed by atoms with van der Waals surface area (Å²) in [5, 5.41) is 9.48. The van der Waals surface area contributed by atoms with Crippen LogP contribution in [0.4, 0.5) is 5.69 Å². The predicted molar refractivity (Wildman–Crippen MR) is 102 cm³/mol. The molecule has 6 nitrogen and oxygen atoms in total. The highest BCUT2D eigenvalue weighted by molar-refractivity contribution is 6.71. The number of hydrogen-bond acceptors (Lipinski definition) is 5. The highest BCUT2D eigenvalue weighted by Gasteiger charge is 2.46. The molecule has 0 radical (unpaired) electrons. The van der Waals surface area contributed by atoms with Gasteiger partial charge in [0.1, 0.15) is 11.9 Å². The minimum Gasteiger partial charge on any atom is -0.490 e. The third-order valence-corrected chi connectivity index (χ3v) is 8.15. The van der Waals surface area contributed by atoms with E-state index in [1.165, 1.54) is 0 Å². The van der Waals surface area contributed by atoms with Gasteiger partial charge in [0.2, 0.25) is 5.91 Å². The molecule has 144 valence electrons. The Morgan fingerprint density at radius 2 is 2.15 bits per heavy atom. The fraction of sp³-hybridized carbons (Fsp3) is 0.632. The number of anilines is 1. The maximum atomic E-state index is 11.8. The van der Waals surface area contributed by atoms with Crippen LogP contribution in [0.3, 0.4) is 0 Å². The molecule has 4 atom stereocenters. The maximum absolute atomic E-state index is 11.8. The number of β-lactam (4-membered cyclic amide) rings is 1. The van der Waals surface area contributed by atoms with E-state index in [0.717, 1.165) is 23.5 Å². The van der Waals surface area contributed by atoms with Crippen LogP contribution in [0.25, 0.3) is 0 Å². The molecule has 2 heterocycles. The number of ether oxygens (including phenoxy) is 2. The summed E-state index contributed by atoms with van der Waals surface area (Å²) in [6, 6.07) is 5.77. The molecule has 2 N–H and O–H groups in total. The number of benzene rings is 1. The van der Waals surface area contributed by atoms with Crippen molar-refractivity contribution in [3.8, 4) is 5.75 Å². The number of amides is 1. The molecule has 2 aliphatic rings. The van der Waals surface area contributed by atoms with Gasteiger partial charge in [-0.1, -0.05) is 6.92 Å². The third kappa shape index (κ3) is 3.41. The van der Waals surface area contributed by atoms with Crippen molar-refractivity contribution in [3.05, 3.63) is 23.8 Å². The summed E-state index contributed by atoms with van der Waals surface area (Å²) in [6.45, 7) is 6.61. The van der Waals surface area contributed by atoms with E-state index in [1.807, 2.05) is 31.3 Å². The van der Waals surface area contributed by atoms with Crippen LogP contribution in [-0.4, -0.2) is 50.5 Å². The molecule has 2 aliphatic heterocycles. The zero-order valence-corrected chi connectivity index (χ0v) is 16.9. The smallest absolute Gasteiger partial charge is 0.228 e. The number of methoxy groups -OCH3 is 1. The van der Waals surface area contributed by atoms with Gasteiger partial charge in [0.15, 0.2) is 8.32 Å². The lowest BCUT2D eigenvalue weighted by Gasteiger charge is -2.44. The molecule has 0 saturated carbocycles. The molecule has 26 heavy (non-hydrogen) atoms. The van der Waals surface area contributed by atoms with Gasteiger partial charge in [0, 0.05) is 49.4 Å². The second kappa shape index (κ2) is 7.30. The second-order valence-corrected chi connectivity index (χ2v) is 11.9. The number of carbonyl (C=O) groups excluding carboxylic acids is 1. The Kier molecular flexibility index (Phi) is 5.44. The van der Waals surface area contributed by atoms with E-state index in [2.05, 4.69) is 6.92 Å². The first-order valence-corrected chi connectivity index (χ1v) is 12.3. The van der Waals surface area contributed by atoms with Gasteiger partial charge in [-0.05, 0) is 37.7 Å². The van der Waals surface area contributed by atoms with Gasteiger partial charge in [-0.2, -0.15) is 0 Å². The van der Waals surface area contributed by atoms with Crippen molar-refractivity contribution in [2.24, 2.45) is 5.92 Å². The summed E-state index contributed by atoms with van der Waals surface area (Å²) in [5.74, 6) is 0.890.